The van der Waals surface area contributed by atoms with E-state index in [2.05, 4.69) is 23.8 Å². The second kappa shape index (κ2) is 5.07. The monoisotopic (exact) mass is 197 g/mol. The Labute approximate surface area is 83.2 Å². The Morgan fingerprint density at radius 1 is 1.38 bits per heavy atom. The van der Waals surface area contributed by atoms with Gasteiger partial charge < -0.3 is 5.73 Å². The van der Waals surface area contributed by atoms with E-state index in [1.807, 2.05) is 0 Å². The van der Waals surface area contributed by atoms with E-state index in [0.29, 0.717) is 5.82 Å². The van der Waals surface area contributed by atoms with E-state index in [4.69, 9.17) is 5.73 Å². The van der Waals surface area contributed by atoms with Gasteiger partial charge >= 0.3 is 0 Å². The molecule has 1 aromatic heterocycles. The molecule has 0 saturated heterocycles. The number of rotatable bonds is 4. The number of aromatic nitrogens is 2. The van der Waals surface area contributed by atoms with E-state index in [9.17, 15) is 0 Å². The van der Waals surface area contributed by atoms with Gasteiger partial charge in [-0.05, 0) is 18.1 Å². The largest absolute Gasteiger partial charge is 0.381 e. The summed E-state index contributed by atoms with van der Waals surface area (Å²) in [5.41, 5.74) is 5.64. The predicted octanol–water partition coefficient (Wildman–Crippen LogP) is 2.20. The fourth-order valence-electron chi connectivity index (χ4n) is 0.839. The maximum absolute atomic E-state index is 5.64. The number of anilines is 1. The van der Waals surface area contributed by atoms with Gasteiger partial charge in [-0.2, -0.15) is 0 Å². The number of nitrogens with two attached hydrogens (primary N) is 1. The highest BCUT2D eigenvalue weighted by molar-refractivity contribution is 7.99. The summed E-state index contributed by atoms with van der Waals surface area (Å²) in [6.07, 6.45) is 4.47. The van der Waals surface area contributed by atoms with Crippen molar-refractivity contribution in [3.8, 4) is 0 Å². The summed E-state index contributed by atoms with van der Waals surface area (Å²) in [6, 6.07) is 0. The molecule has 3 nitrogen and oxygen atoms in total. The first kappa shape index (κ1) is 10.3. The molecule has 0 fully saturated rings. The molecule has 0 aliphatic carbocycles. The first-order chi connectivity index (χ1) is 6.20. The van der Waals surface area contributed by atoms with Gasteiger partial charge in [0.1, 0.15) is 5.03 Å². The third-order valence-electron chi connectivity index (χ3n) is 1.63. The minimum atomic E-state index is 0.538. The van der Waals surface area contributed by atoms with Crippen LogP contribution in [0.3, 0.4) is 0 Å². The minimum absolute atomic E-state index is 0.538. The Bertz CT molecular complexity index is 263. The molecule has 0 radical (unpaired) electrons. The van der Waals surface area contributed by atoms with Crippen LogP contribution in [0.2, 0.25) is 0 Å². The standard InChI is InChI=1S/C9H15N3S/c1-7(2)3-6-13-9-8(10)11-4-5-12-9/h4-5,7H,3,6H2,1-2H3,(H2,10,11). The molecule has 0 bridgehead atoms. The van der Waals surface area contributed by atoms with Crippen LogP contribution in [0, 0.1) is 5.92 Å². The number of hydrogen-bond donors (Lipinski definition) is 1. The molecule has 72 valence electrons. The zero-order valence-electron chi connectivity index (χ0n) is 8.03. The van der Waals surface area contributed by atoms with Gasteiger partial charge in [0.05, 0.1) is 0 Å². The maximum atomic E-state index is 5.64. The fourth-order valence-corrected chi connectivity index (χ4v) is 1.96. The summed E-state index contributed by atoms with van der Waals surface area (Å²) < 4.78 is 0. The summed E-state index contributed by atoms with van der Waals surface area (Å²) in [6.45, 7) is 4.42. The van der Waals surface area contributed by atoms with Crippen LogP contribution >= 0.6 is 11.8 Å². The molecular formula is C9H15N3S. The Kier molecular flexibility index (Phi) is 4.02. The van der Waals surface area contributed by atoms with Crippen LogP contribution in [0.1, 0.15) is 20.3 Å². The Morgan fingerprint density at radius 2 is 2.08 bits per heavy atom. The van der Waals surface area contributed by atoms with Crippen molar-refractivity contribution in [1.29, 1.82) is 0 Å². The third-order valence-corrected chi connectivity index (χ3v) is 2.65. The van der Waals surface area contributed by atoms with Crippen molar-refractivity contribution < 1.29 is 0 Å². The lowest BCUT2D eigenvalue weighted by atomic mass is 10.2. The van der Waals surface area contributed by atoms with Crippen LogP contribution in [0.5, 0.6) is 0 Å². The Balaban J connectivity index is 2.41. The Hall–Kier alpha value is -0.770. The molecule has 0 aliphatic rings. The summed E-state index contributed by atoms with van der Waals surface area (Å²) in [5.74, 6) is 2.32. The van der Waals surface area contributed by atoms with Crippen molar-refractivity contribution in [2.24, 2.45) is 5.92 Å². The fraction of sp³-hybridized carbons (Fsp3) is 0.556. The summed E-state index contributed by atoms with van der Waals surface area (Å²) in [4.78, 5) is 8.12. The molecule has 0 saturated carbocycles. The highest BCUT2D eigenvalue weighted by atomic mass is 32.2. The predicted molar refractivity (Wildman–Crippen MR) is 56.6 cm³/mol. The van der Waals surface area contributed by atoms with E-state index >= 15 is 0 Å². The number of hydrogen-bond acceptors (Lipinski definition) is 4. The van der Waals surface area contributed by atoms with E-state index < -0.39 is 0 Å². The van der Waals surface area contributed by atoms with Crippen LogP contribution < -0.4 is 5.73 Å². The quantitative estimate of drug-likeness (QED) is 0.752. The molecule has 1 aromatic rings. The topological polar surface area (TPSA) is 51.8 Å². The van der Waals surface area contributed by atoms with Crippen molar-refractivity contribution in [3.05, 3.63) is 12.4 Å². The molecule has 2 N–H and O–H groups in total. The van der Waals surface area contributed by atoms with Crippen molar-refractivity contribution in [2.75, 3.05) is 11.5 Å². The molecule has 0 unspecified atom stereocenters. The number of nitrogen functional groups attached to an aromatic ring is 1. The normalized spacial score (nSPS) is 10.7. The first-order valence-electron chi connectivity index (χ1n) is 4.39. The van der Waals surface area contributed by atoms with Crippen molar-refractivity contribution in [2.45, 2.75) is 25.3 Å². The van der Waals surface area contributed by atoms with Crippen molar-refractivity contribution in [3.63, 3.8) is 0 Å². The van der Waals surface area contributed by atoms with Crippen molar-refractivity contribution in [1.82, 2.24) is 9.97 Å². The third kappa shape index (κ3) is 3.63. The highest BCUT2D eigenvalue weighted by Crippen LogP contribution is 2.21. The molecule has 1 heterocycles. The van der Waals surface area contributed by atoms with Gasteiger partial charge in [0, 0.05) is 12.4 Å². The van der Waals surface area contributed by atoms with E-state index in [1.54, 1.807) is 24.2 Å². The van der Waals surface area contributed by atoms with E-state index in [0.717, 1.165) is 16.7 Å². The Morgan fingerprint density at radius 3 is 2.69 bits per heavy atom. The van der Waals surface area contributed by atoms with Gasteiger partial charge in [0.25, 0.3) is 0 Å². The van der Waals surface area contributed by atoms with Gasteiger partial charge in [0.2, 0.25) is 0 Å². The second-order valence-electron chi connectivity index (χ2n) is 3.28. The van der Waals surface area contributed by atoms with Crippen LogP contribution in [0.15, 0.2) is 17.4 Å². The number of nitrogens with zero attached hydrogens (tertiary/aromatic N) is 2. The molecule has 0 aromatic carbocycles. The zero-order chi connectivity index (χ0) is 9.68. The summed E-state index contributed by atoms with van der Waals surface area (Å²) in [7, 11) is 0. The van der Waals surface area contributed by atoms with Crippen LogP contribution in [0.4, 0.5) is 5.82 Å². The molecule has 0 spiro atoms. The van der Waals surface area contributed by atoms with Gasteiger partial charge in [-0.15, -0.1) is 11.8 Å². The van der Waals surface area contributed by atoms with Gasteiger partial charge in [-0.25, -0.2) is 9.97 Å². The molecule has 0 atom stereocenters. The minimum Gasteiger partial charge on any atom is -0.381 e. The molecule has 13 heavy (non-hydrogen) atoms. The summed E-state index contributed by atoms with van der Waals surface area (Å²) in [5, 5.41) is 0.850. The smallest absolute Gasteiger partial charge is 0.156 e. The lowest BCUT2D eigenvalue weighted by Crippen LogP contribution is -1.96. The van der Waals surface area contributed by atoms with Crippen LogP contribution in [-0.2, 0) is 0 Å². The molecule has 0 amide bonds. The first-order valence-corrected chi connectivity index (χ1v) is 5.38. The highest BCUT2D eigenvalue weighted by Gasteiger charge is 2.01. The lowest BCUT2D eigenvalue weighted by molar-refractivity contribution is 0.632. The molecule has 1 rings (SSSR count). The zero-order valence-corrected chi connectivity index (χ0v) is 8.84. The van der Waals surface area contributed by atoms with E-state index in [-0.39, 0.29) is 0 Å². The second-order valence-corrected chi connectivity index (χ2v) is 4.36. The lowest BCUT2D eigenvalue weighted by Gasteiger charge is -2.04. The van der Waals surface area contributed by atoms with Crippen LogP contribution in [-0.4, -0.2) is 15.7 Å². The van der Waals surface area contributed by atoms with Gasteiger partial charge in [-0.3, -0.25) is 0 Å². The summed E-state index contributed by atoms with van der Waals surface area (Å²) >= 11 is 1.68. The average molecular weight is 197 g/mol. The van der Waals surface area contributed by atoms with Gasteiger partial charge in [-0.1, -0.05) is 13.8 Å². The molecule has 0 aliphatic heterocycles. The van der Waals surface area contributed by atoms with Crippen LogP contribution in [0.25, 0.3) is 0 Å². The van der Waals surface area contributed by atoms with Crippen molar-refractivity contribution >= 4 is 17.6 Å². The maximum Gasteiger partial charge on any atom is 0.156 e. The molecule has 4 heteroatoms. The average Bonchev–Trinajstić information content (AvgIpc) is 2.08. The number of thioether (sulfide) groups is 1. The van der Waals surface area contributed by atoms with Gasteiger partial charge in [0.15, 0.2) is 5.82 Å². The molecular weight excluding hydrogens is 182 g/mol. The van der Waals surface area contributed by atoms with E-state index in [1.165, 1.54) is 6.42 Å². The SMILES string of the molecule is CC(C)CCSc1nccnc1N.